The summed E-state index contributed by atoms with van der Waals surface area (Å²) in [6, 6.07) is 0. The Morgan fingerprint density at radius 2 is 2.06 bits per heavy atom. The Morgan fingerprint density at radius 3 is 2.61 bits per heavy atom. The lowest BCUT2D eigenvalue weighted by Gasteiger charge is -2.26. The first kappa shape index (κ1) is 13.5. The van der Waals surface area contributed by atoms with Gasteiger partial charge >= 0.3 is 5.97 Å². The zero-order valence-electron chi connectivity index (χ0n) is 9.56. The molecular weight excluding hydrogens is 320 g/mol. The van der Waals surface area contributed by atoms with Crippen LogP contribution in [0.1, 0.15) is 25.7 Å². The summed E-state index contributed by atoms with van der Waals surface area (Å²) in [5, 5.41) is 12.3. The summed E-state index contributed by atoms with van der Waals surface area (Å²) in [4.78, 5) is 27.2. The average molecular weight is 333 g/mol. The van der Waals surface area contributed by atoms with E-state index >= 15 is 0 Å². The first-order valence-corrected chi connectivity index (χ1v) is 7.34. The van der Waals surface area contributed by atoms with E-state index in [1.54, 1.807) is 6.20 Å². The number of aromatic nitrogens is 1. The standard InChI is InChI=1S/C11H13BrN2O3S/c12-8-5-13-11(18-8)14-9(15)6-3-1-2-4-7(6)10(16)17/h5-7H,1-4H2,(H,16,17)(H,13,14,15). The van der Waals surface area contributed by atoms with Crippen LogP contribution in [0.25, 0.3) is 0 Å². The van der Waals surface area contributed by atoms with E-state index in [4.69, 9.17) is 5.11 Å². The maximum absolute atomic E-state index is 12.1. The molecule has 1 aromatic heterocycles. The molecule has 0 saturated heterocycles. The molecule has 18 heavy (non-hydrogen) atoms. The predicted molar refractivity (Wildman–Crippen MR) is 71.5 cm³/mol. The molecule has 2 rings (SSSR count). The first-order valence-electron chi connectivity index (χ1n) is 5.73. The van der Waals surface area contributed by atoms with E-state index < -0.39 is 17.8 Å². The zero-order chi connectivity index (χ0) is 13.1. The number of amides is 1. The first-order chi connectivity index (χ1) is 8.58. The molecule has 1 fully saturated rings. The summed E-state index contributed by atoms with van der Waals surface area (Å²) in [7, 11) is 0. The molecule has 7 heteroatoms. The Balaban J connectivity index is 2.04. The van der Waals surface area contributed by atoms with Crippen molar-refractivity contribution in [3.8, 4) is 0 Å². The lowest BCUT2D eigenvalue weighted by molar-refractivity contribution is -0.147. The molecule has 98 valence electrons. The van der Waals surface area contributed by atoms with Gasteiger partial charge in [0.1, 0.15) is 0 Å². The van der Waals surface area contributed by atoms with Crippen molar-refractivity contribution in [1.82, 2.24) is 4.98 Å². The van der Waals surface area contributed by atoms with E-state index in [2.05, 4.69) is 26.2 Å². The van der Waals surface area contributed by atoms with Gasteiger partial charge in [-0.1, -0.05) is 24.2 Å². The molecule has 2 unspecified atom stereocenters. The molecule has 2 atom stereocenters. The van der Waals surface area contributed by atoms with Crippen LogP contribution in [0.3, 0.4) is 0 Å². The third-order valence-corrected chi connectivity index (χ3v) is 4.52. The van der Waals surface area contributed by atoms with Gasteiger partial charge in [-0.3, -0.25) is 9.59 Å². The van der Waals surface area contributed by atoms with E-state index in [1.807, 2.05) is 0 Å². The summed E-state index contributed by atoms with van der Waals surface area (Å²) >= 11 is 4.58. The zero-order valence-corrected chi connectivity index (χ0v) is 12.0. The highest BCUT2D eigenvalue weighted by molar-refractivity contribution is 9.11. The van der Waals surface area contributed by atoms with Crippen LogP contribution in [-0.4, -0.2) is 22.0 Å². The Morgan fingerprint density at radius 1 is 1.39 bits per heavy atom. The van der Waals surface area contributed by atoms with Gasteiger partial charge in [0.2, 0.25) is 5.91 Å². The maximum atomic E-state index is 12.1. The molecule has 1 heterocycles. The van der Waals surface area contributed by atoms with E-state index in [0.717, 1.165) is 16.6 Å². The smallest absolute Gasteiger partial charge is 0.307 e. The molecule has 1 amide bonds. The second-order valence-electron chi connectivity index (χ2n) is 4.29. The normalized spacial score (nSPS) is 23.6. The topological polar surface area (TPSA) is 79.3 Å². The van der Waals surface area contributed by atoms with Crippen molar-refractivity contribution in [2.75, 3.05) is 5.32 Å². The van der Waals surface area contributed by atoms with Gasteiger partial charge in [-0.2, -0.15) is 0 Å². The van der Waals surface area contributed by atoms with Crippen LogP contribution in [-0.2, 0) is 9.59 Å². The summed E-state index contributed by atoms with van der Waals surface area (Å²) in [6.07, 6.45) is 4.60. The van der Waals surface area contributed by atoms with Crippen molar-refractivity contribution >= 4 is 44.3 Å². The van der Waals surface area contributed by atoms with E-state index in [1.165, 1.54) is 11.3 Å². The highest BCUT2D eigenvalue weighted by Gasteiger charge is 2.35. The monoisotopic (exact) mass is 332 g/mol. The number of hydrogen-bond acceptors (Lipinski definition) is 4. The minimum atomic E-state index is -0.879. The fourth-order valence-corrected chi connectivity index (χ4v) is 3.36. The Labute approximate surface area is 117 Å². The van der Waals surface area contributed by atoms with Crippen molar-refractivity contribution in [1.29, 1.82) is 0 Å². The van der Waals surface area contributed by atoms with Gasteiger partial charge in [0.15, 0.2) is 5.13 Å². The second kappa shape index (κ2) is 5.79. The van der Waals surface area contributed by atoms with Gasteiger partial charge in [0.05, 0.1) is 21.8 Å². The number of thiazole rings is 1. The van der Waals surface area contributed by atoms with Crippen molar-refractivity contribution in [3.63, 3.8) is 0 Å². The Bertz CT molecular complexity index is 463. The van der Waals surface area contributed by atoms with Crippen LogP contribution in [0.15, 0.2) is 9.98 Å². The van der Waals surface area contributed by atoms with Crippen LogP contribution in [0.4, 0.5) is 5.13 Å². The average Bonchev–Trinajstić information content (AvgIpc) is 2.74. The number of halogens is 1. The second-order valence-corrected chi connectivity index (χ2v) is 6.70. The molecular formula is C11H13BrN2O3S. The number of carboxylic acids is 1. The van der Waals surface area contributed by atoms with Crippen LogP contribution >= 0.6 is 27.3 Å². The third kappa shape index (κ3) is 3.08. The number of nitrogens with zero attached hydrogens (tertiary/aromatic N) is 1. The van der Waals surface area contributed by atoms with Crippen molar-refractivity contribution in [3.05, 3.63) is 9.98 Å². The summed E-state index contributed by atoms with van der Waals surface area (Å²) < 4.78 is 0.830. The SMILES string of the molecule is O=C(O)C1CCCCC1C(=O)Nc1ncc(Br)s1. The van der Waals surface area contributed by atoms with Crippen molar-refractivity contribution < 1.29 is 14.7 Å². The van der Waals surface area contributed by atoms with Crippen molar-refractivity contribution in [2.45, 2.75) is 25.7 Å². The van der Waals surface area contributed by atoms with Gasteiger partial charge in [-0.05, 0) is 28.8 Å². The lowest BCUT2D eigenvalue weighted by atomic mass is 9.79. The van der Waals surface area contributed by atoms with Crippen molar-refractivity contribution in [2.24, 2.45) is 11.8 Å². The number of carbonyl (C=O) groups excluding carboxylic acids is 1. The number of hydrogen-bond donors (Lipinski definition) is 2. The highest BCUT2D eigenvalue weighted by atomic mass is 79.9. The Kier molecular flexibility index (Phi) is 4.34. The number of nitrogens with one attached hydrogen (secondary N) is 1. The molecule has 1 aliphatic carbocycles. The molecule has 1 saturated carbocycles. The fraction of sp³-hybridized carbons (Fsp3) is 0.545. The quantitative estimate of drug-likeness (QED) is 0.891. The molecule has 0 bridgehead atoms. The number of carbonyl (C=O) groups is 2. The van der Waals surface area contributed by atoms with Gasteiger partial charge in [-0.15, -0.1) is 0 Å². The molecule has 0 aromatic carbocycles. The minimum Gasteiger partial charge on any atom is -0.481 e. The number of carboxylic acid groups (broad SMARTS) is 1. The summed E-state index contributed by atoms with van der Waals surface area (Å²) in [6.45, 7) is 0. The minimum absolute atomic E-state index is 0.232. The molecule has 1 aliphatic rings. The van der Waals surface area contributed by atoms with E-state index in [9.17, 15) is 9.59 Å². The molecule has 2 N–H and O–H groups in total. The van der Waals surface area contributed by atoms with Crippen LogP contribution in [0.5, 0.6) is 0 Å². The molecule has 0 radical (unpaired) electrons. The largest absolute Gasteiger partial charge is 0.481 e. The van der Waals surface area contributed by atoms with E-state index in [0.29, 0.717) is 18.0 Å². The van der Waals surface area contributed by atoms with Crippen LogP contribution in [0, 0.1) is 11.8 Å². The van der Waals surface area contributed by atoms with Gasteiger partial charge in [0, 0.05) is 0 Å². The third-order valence-electron chi connectivity index (χ3n) is 3.13. The van der Waals surface area contributed by atoms with Gasteiger partial charge < -0.3 is 10.4 Å². The molecule has 0 spiro atoms. The van der Waals surface area contributed by atoms with Gasteiger partial charge in [-0.25, -0.2) is 4.98 Å². The summed E-state index contributed by atoms with van der Waals surface area (Å²) in [5.41, 5.74) is 0. The predicted octanol–water partition coefficient (Wildman–Crippen LogP) is 2.74. The van der Waals surface area contributed by atoms with E-state index in [-0.39, 0.29) is 5.91 Å². The summed E-state index contributed by atoms with van der Waals surface area (Å²) in [5.74, 6) is -2.12. The molecule has 0 aliphatic heterocycles. The number of anilines is 1. The number of aliphatic carboxylic acids is 1. The lowest BCUT2D eigenvalue weighted by Crippen LogP contribution is -2.36. The molecule has 1 aromatic rings. The van der Waals surface area contributed by atoms with Crippen LogP contribution < -0.4 is 5.32 Å². The number of rotatable bonds is 3. The maximum Gasteiger partial charge on any atom is 0.307 e. The van der Waals surface area contributed by atoms with Gasteiger partial charge in [0.25, 0.3) is 0 Å². The fourth-order valence-electron chi connectivity index (χ4n) is 2.25. The Hall–Kier alpha value is -0.950. The van der Waals surface area contributed by atoms with Crippen LogP contribution in [0.2, 0.25) is 0 Å². The highest BCUT2D eigenvalue weighted by Crippen LogP contribution is 2.32. The molecule has 5 nitrogen and oxygen atoms in total.